The van der Waals surface area contributed by atoms with Crippen LogP contribution in [0.15, 0.2) is 54.7 Å². The topological polar surface area (TPSA) is 53.2 Å². The lowest BCUT2D eigenvalue weighted by Crippen LogP contribution is -2.27. The van der Waals surface area contributed by atoms with Crippen LogP contribution in [0.4, 0.5) is 0 Å². The van der Waals surface area contributed by atoms with Crippen LogP contribution in [0.25, 0.3) is 10.9 Å². The van der Waals surface area contributed by atoms with E-state index in [0.717, 1.165) is 16.5 Å². The van der Waals surface area contributed by atoms with Gasteiger partial charge in [0.15, 0.2) is 0 Å². The summed E-state index contributed by atoms with van der Waals surface area (Å²) in [7, 11) is -1.85. The Morgan fingerprint density at radius 1 is 1.04 bits per heavy atom. The molecule has 3 rings (SSSR count). The van der Waals surface area contributed by atoms with Gasteiger partial charge in [0.1, 0.15) is 0 Å². The molecule has 4 nitrogen and oxygen atoms in total. The average Bonchev–Trinajstić information content (AvgIpc) is 2.93. The quantitative estimate of drug-likeness (QED) is 0.762. The summed E-state index contributed by atoms with van der Waals surface area (Å²) < 4.78 is 26.5. The molecule has 0 atom stereocenters. The fourth-order valence-electron chi connectivity index (χ4n) is 2.52. The third-order valence-corrected chi connectivity index (χ3v) is 5.96. The zero-order valence-corrected chi connectivity index (χ0v) is 14.2. The summed E-state index contributed by atoms with van der Waals surface area (Å²) >= 11 is 6.07. The van der Waals surface area contributed by atoms with E-state index >= 15 is 0 Å². The van der Waals surface area contributed by atoms with Crippen LogP contribution in [0, 0.1) is 0 Å². The molecule has 3 aromatic rings. The third-order valence-electron chi connectivity index (χ3n) is 3.84. The number of aromatic nitrogens is 1. The number of hydrogen-bond acceptors (Lipinski definition) is 2. The first-order valence-electron chi connectivity index (χ1n) is 7.20. The average molecular weight is 349 g/mol. The Labute approximate surface area is 140 Å². The summed E-state index contributed by atoms with van der Waals surface area (Å²) in [5, 5.41) is 1.50. The molecule has 0 saturated carbocycles. The molecular weight excluding hydrogens is 332 g/mol. The van der Waals surface area contributed by atoms with E-state index < -0.39 is 10.0 Å². The van der Waals surface area contributed by atoms with Gasteiger partial charge >= 0.3 is 0 Å². The normalized spacial score (nSPS) is 12.1. The Hall–Kier alpha value is -1.82. The van der Waals surface area contributed by atoms with E-state index in [2.05, 4.69) is 4.98 Å². The van der Waals surface area contributed by atoms with Crippen molar-refractivity contribution in [1.29, 1.82) is 0 Å². The molecule has 1 heterocycles. The smallest absolute Gasteiger partial charge is 0.218 e. The van der Waals surface area contributed by atoms with E-state index in [0.29, 0.717) is 17.1 Å². The molecule has 0 radical (unpaired) electrons. The van der Waals surface area contributed by atoms with Gasteiger partial charge in [0.2, 0.25) is 10.0 Å². The Bertz CT molecular complexity index is 934. The van der Waals surface area contributed by atoms with Crippen molar-refractivity contribution in [3.63, 3.8) is 0 Å². The lowest BCUT2D eigenvalue weighted by Gasteiger charge is -2.17. The number of benzene rings is 2. The van der Waals surface area contributed by atoms with E-state index in [1.54, 1.807) is 31.3 Å². The zero-order valence-electron chi connectivity index (χ0n) is 12.7. The minimum Gasteiger partial charge on any atom is -0.361 e. The predicted molar refractivity (Wildman–Crippen MR) is 93.8 cm³/mol. The molecule has 0 aliphatic rings. The van der Waals surface area contributed by atoms with E-state index in [1.807, 2.05) is 30.5 Å². The summed E-state index contributed by atoms with van der Waals surface area (Å²) in [6.07, 6.45) is 1.85. The standard InChI is InChI=1S/C17H17ClN2O2S/c1-20(11-14-10-19-17-9-5-3-7-15(14)17)23(21,22)12-13-6-2-4-8-16(13)18/h2-10,19H,11-12H2,1H3. The molecule has 0 saturated heterocycles. The number of nitrogens with one attached hydrogen (secondary N) is 1. The monoisotopic (exact) mass is 348 g/mol. The molecule has 0 unspecified atom stereocenters. The summed E-state index contributed by atoms with van der Waals surface area (Å²) in [6.45, 7) is 0.316. The van der Waals surface area contributed by atoms with Crippen molar-refractivity contribution in [3.8, 4) is 0 Å². The van der Waals surface area contributed by atoms with Crippen LogP contribution < -0.4 is 0 Å². The number of rotatable bonds is 5. The van der Waals surface area contributed by atoms with Gasteiger partial charge in [-0.3, -0.25) is 0 Å². The summed E-state index contributed by atoms with van der Waals surface area (Å²) in [6, 6.07) is 14.8. The number of aromatic amines is 1. The van der Waals surface area contributed by atoms with Crippen LogP contribution in [0.5, 0.6) is 0 Å². The first-order valence-corrected chi connectivity index (χ1v) is 9.18. The molecule has 1 N–H and O–H groups in total. The van der Waals surface area contributed by atoms with Gasteiger partial charge in [-0.1, -0.05) is 48.0 Å². The zero-order chi connectivity index (χ0) is 16.4. The van der Waals surface area contributed by atoms with Gasteiger partial charge in [0, 0.05) is 35.7 Å². The highest BCUT2D eigenvalue weighted by Crippen LogP contribution is 2.22. The Morgan fingerprint density at radius 3 is 2.52 bits per heavy atom. The number of H-pyrrole nitrogens is 1. The van der Waals surface area contributed by atoms with E-state index in [1.165, 1.54) is 4.31 Å². The van der Waals surface area contributed by atoms with Gasteiger partial charge in [0.05, 0.1) is 5.75 Å². The Morgan fingerprint density at radius 2 is 1.74 bits per heavy atom. The highest BCUT2D eigenvalue weighted by molar-refractivity contribution is 7.88. The number of sulfonamides is 1. The summed E-state index contributed by atoms with van der Waals surface area (Å²) in [4.78, 5) is 3.16. The number of halogens is 1. The second kappa shape index (κ2) is 6.35. The SMILES string of the molecule is CN(Cc1c[nH]c2ccccc12)S(=O)(=O)Cc1ccccc1Cl. The van der Waals surface area contributed by atoms with Crippen molar-refractivity contribution in [3.05, 3.63) is 70.9 Å². The second-order valence-electron chi connectivity index (χ2n) is 5.46. The number of nitrogens with zero attached hydrogens (tertiary/aromatic N) is 1. The van der Waals surface area contributed by atoms with Crippen LogP contribution in [0.3, 0.4) is 0 Å². The molecular formula is C17H17ClN2O2S. The Kier molecular flexibility index (Phi) is 4.43. The molecule has 23 heavy (non-hydrogen) atoms. The fourth-order valence-corrected chi connectivity index (χ4v) is 4.01. The van der Waals surface area contributed by atoms with Crippen molar-refractivity contribution in [2.75, 3.05) is 7.05 Å². The third kappa shape index (κ3) is 3.42. The van der Waals surface area contributed by atoms with Gasteiger partial charge in [-0.15, -0.1) is 0 Å². The second-order valence-corrected chi connectivity index (χ2v) is 7.95. The largest absolute Gasteiger partial charge is 0.361 e. The van der Waals surface area contributed by atoms with Gasteiger partial charge < -0.3 is 4.98 Å². The number of para-hydroxylation sites is 1. The molecule has 120 valence electrons. The number of hydrogen-bond donors (Lipinski definition) is 1. The maximum atomic E-state index is 12.6. The molecule has 0 amide bonds. The van der Waals surface area contributed by atoms with E-state index in [4.69, 9.17) is 11.6 Å². The highest BCUT2D eigenvalue weighted by atomic mass is 35.5. The maximum Gasteiger partial charge on any atom is 0.218 e. The van der Waals surface area contributed by atoms with Crippen LogP contribution >= 0.6 is 11.6 Å². The molecule has 1 aromatic heterocycles. The molecule has 0 fully saturated rings. The van der Waals surface area contributed by atoms with Crippen LogP contribution in [-0.2, 0) is 22.3 Å². The summed E-state index contributed by atoms with van der Waals surface area (Å²) in [5.74, 6) is -0.106. The molecule has 0 spiro atoms. The number of fused-ring (bicyclic) bond motifs is 1. The maximum absolute atomic E-state index is 12.6. The molecule has 0 bridgehead atoms. The van der Waals surface area contributed by atoms with Crippen molar-refractivity contribution >= 4 is 32.5 Å². The van der Waals surface area contributed by atoms with Crippen molar-refractivity contribution < 1.29 is 8.42 Å². The first-order chi connectivity index (χ1) is 11.0. The molecule has 6 heteroatoms. The van der Waals surface area contributed by atoms with Crippen molar-refractivity contribution in [1.82, 2.24) is 9.29 Å². The van der Waals surface area contributed by atoms with Crippen molar-refractivity contribution in [2.24, 2.45) is 0 Å². The minimum atomic E-state index is -3.45. The van der Waals surface area contributed by atoms with Gasteiger partial charge in [-0.05, 0) is 23.3 Å². The van der Waals surface area contributed by atoms with Gasteiger partial charge in [-0.25, -0.2) is 12.7 Å². The van der Waals surface area contributed by atoms with E-state index in [-0.39, 0.29) is 5.75 Å². The fraction of sp³-hybridized carbons (Fsp3) is 0.176. The first kappa shape index (κ1) is 16.1. The van der Waals surface area contributed by atoms with Crippen LogP contribution in [0.1, 0.15) is 11.1 Å². The molecule has 2 aromatic carbocycles. The van der Waals surface area contributed by atoms with Crippen LogP contribution in [0.2, 0.25) is 5.02 Å². The van der Waals surface area contributed by atoms with Crippen LogP contribution in [-0.4, -0.2) is 24.8 Å². The van der Waals surface area contributed by atoms with Gasteiger partial charge in [-0.2, -0.15) is 0 Å². The molecule has 0 aliphatic heterocycles. The summed E-state index contributed by atoms with van der Waals surface area (Å²) in [5.41, 5.74) is 2.56. The van der Waals surface area contributed by atoms with Crippen molar-refractivity contribution in [2.45, 2.75) is 12.3 Å². The lowest BCUT2D eigenvalue weighted by atomic mass is 10.2. The molecule has 0 aliphatic carbocycles. The Balaban J connectivity index is 1.82. The van der Waals surface area contributed by atoms with E-state index in [9.17, 15) is 8.42 Å². The highest BCUT2D eigenvalue weighted by Gasteiger charge is 2.21. The lowest BCUT2D eigenvalue weighted by molar-refractivity contribution is 0.467. The van der Waals surface area contributed by atoms with Gasteiger partial charge in [0.25, 0.3) is 0 Å². The predicted octanol–water partition coefficient (Wildman–Crippen LogP) is 3.78. The minimum absolute atomic E-state index is 0.106.